The predicted molar refractivity (Wildman–Crippen MR) is 75.1 cm³/mol. The Hall–Kier alpha value is -1.52. The molecule has 18 heavy (non-hydrogen) atoms. The molecule has 0 radical (unpaired) electrons. The van der Waals surface area contributed by atoms with Crippen LogP contribution in [0.2, 0.25) is 0 Å². The van der Waals surface area contributed by atoms with E-state index in [0.29, 0.717) is 0 Å². The van der Waals surface area contributed by atoms with Gasteiger partial charge in [-0.1, -0.05) is 0 Å². The highest BCUT2D eigenvalue weighted by Gasteiger charge is 2.02. The van der Waals surface area contributed by atoms with Gasteiger partial charge in [0, 0.05) is 36.2 Å². The Kier molecular flexibility index (Phi) is 4.23. The van der Waals surface area contributed by atoms with Crippen molar-refractivity contribution >= 4 is 10.9 Å². The second-order valence-electron chi connectivity index (χ2n) is 4.73. The first-order chi connectivity index (χ1) is 8.69. The maximum atomic E-state index is 5.22. The highest BCUT2D eigenvalue weighted by atomic mass is 16.5. The van der Waals surface area contributed by atoms with Crippen LogP contribution in [0.25, 0.3) is 10.9 Å². The molecular weight excluding hydrogens is 226 g/mol. The number of ether oxygens (including phenoxy) is 1. The summed E-state index contributed by atoms with van der Waals surface area (Å²) in [6, 6.07) is 8.25. The molecule has 0 fully saturated rings. The number of nitrogens with one attached hydrogen (secondary N) is 2. The average molecular weight is 247 g/mol. The van der Waals surface area contributed by atoms with Crippen LogP contribution in [-0.2, 0) is 6.54 Å². The fraction of sp³-hybridized carbons (Fsp3) is 0.429. The van der Waals surface area contributed by atoms with E-state index in [-0.39, 0.29) is 0 Å². The Labute approximate surface area is 108 Å². The number of hydrogen-bond acceptors (Lipinski definition) is 3. The molecule has 2 rings (SSSR count). The molecule has 0 aliphatic rings. The Bertz CT molecular complexity index is 505. The maximum Gasteiger partial charge on any atom is 0.119 e. The minimum Gasteiger partial charge on any atom is -0.497 e. The number of fused-ring (bicyclic) bond motifs is 1. The zero-order chi connectivity index (χ0) is 13.0. The largest absolute Gasteiger partial charge is 0.497 e. The molecule has 98 valence electrons. The zero-order valence-corrected chi connectivity index (χ0v) is 11.3. The molecule has 4 nitrogen and oxygen atoms in total. The molecule has 4 heteroatoms. The Morgan fingerprint density at radius 1 is 1.28 bits per heavy atom. The number of likely N-dealkylation sites (N-methyl/N-ethyl adjacent to an activating group) is 1. The molecule has 1 aromatic heterocycles. The second kappa shape index (κ2) is 5.89. The minimum atomic E-state index is 0.866. The number of benzene rings is 1. The van der Waals surface area contributed by atoms with Gasteiger partial charge in [0.15, 0.2) is 0 Å². The van der Waals surface area contributed by atoms with Crippen LogP contribution in [0, 0.1) is 0 Å². The van der Waals surface area contributed by atoms with E-state index < -0.39 is 0 Å². The molecule has 0 bridgehead atoms. The number of rotatable bonds is 6. The van der Waals surface area contributed by atoms with Crippen LogP contribution in [0.3, 0.4) is 0 Å². The van der Waals surface area contributed by atoms with E-state index in [1.165, 1.54) is 11.1 Å². The normalized spacial score (nSPS) is 11.3. The number of H-pyrrole nitrogens is 1. The number of nitrogens with zero attached hydrogens (tertiary/aromatic N) is 1. The summed E-state index contributed by atoms with van der Waals surface area (Å²) in [7, 11) is 5.85. The van der Waals surface area contributed by atoms with E-state index >= 15 is 0 Å². The van der Waals surface area contributed by atoms with Crippen LogP contribution in [0.4, 0.5) is 0 Å². The van der Waals surface area contributed by atoms with Crippen molar-refractivity contribution in [3.05, 3.63) is 30.0 Å². The summed E-state index contributed by atoms with van der Waals surface area (Å²) in [5.74, 6) is 0.897. The van der Waals surface area contributed by atoms with Gasteiger partial charge in [0.2, 0.25) is 0 Å². The van der Waals surface area contributed by atoms with Crippen LogP contribution < -0.4 is 10.1 Å². The van der Waals surface area contributed by atoms with Crippen LogP contribution in [-0.4, -0.2) is 44.2 Å². The van der Waals surface area contributed by atoms with Gasteiger partial charge in [-0.25, -0.2) is 0 Å². The summed E-state index contributed by atoms with van der Waals surface area (Å²) in [6.45, 7) is 2.91. The first-order valence-electron chi connectivity index (χ1n) is 6.20. The molecule has 0 spiro atoms. The monoisotopic (exact) mass is 247 g/mol. The van der Waals surface area contributed by atoms with Crippen molar-refractivity contribution in [1.29, 1.82) is 0 Å². The van der Waals surface area contributed by atoms with Crippen molar-refractivity contribution < 1.29 is 4.74 Å². The van der Waals surface area contributed by atoms with Crippen LogP contribution in [0.1, 0.15) is 5.69 Å². The van der Waals surface area contributed by atoms with Gasteiger partial charge < -0.3 is 19.9 Å². The second-order valence-corrected chi connectivity index (χ2v) is 4.73. The number of aromatic nitrogens is 1. The molecule has 0 atom stereocenters. The fourth-order valence-corrected chi connectivity index (χ4v) is 1.92. The van der Waals surface area contributed by atoms with Gasteiger partial charge in [-0.2, -0.15) is 0 Å². The van der Waals surface area contributed by atoms with E-state index in [1.807, 2.05) is 6.07 Å². The van der Waals surface area contributed by atoms with Gasteiger partial charge in [-0.05, 0) is 38.4 Å². The number of hydrogen-bond donors (Lipinski definition) is 2. The standard InChI is InChI=1S/C14H21N3O/c1-17(2)7-6-15-10-12-8-11-9-13(18-3)4-5-14(11)16-12/h4-5,8-9,15-16H,6-7,10H2,1-3H3. The lowest BCUT2D eigenvalue weighted by atomic mass is 10.2. The lowest BCUT2D eigenvalue weighted by Gasteiger charge is -2.09. The smallest absolute Gasteiger partial charge is 0.119 e. The summed E-state index contributed by atoms with van der Waals surface area (Å²) in [5, 5.41) is 4.61. The predicted octanol–water partition coefficient (Wildman–Crippen LogP) is 1.83. The molecule has 0 saturated heterocycles. The van der Waals surface area contributed by atoms with E-state index in [1.54, 1.807) is 7.11 Å². The number of methoxy groups -OCH3 is 1. The third-order valence-corrected chi connectivity index (χ3v) is 2.93. The van der Waals surface area contributed by atoms with Crippen LogP contribution in [0.5, 0.6) is 5.75 Å². The Balaban J connectivity index is 1.97. The molecular formula is C14H21N3O. The van der Waals surface area contributed by atoms with Crippen LogP contribution in [0.15, 0.2) is 24.3 Å². The van der Waals surface area contributed by atoms with Gasteiger partial charge in [0.05, 0.1) is 7.11 Å². The van der Waals surface area contributed by atoms with Crippen molar-refractivity contribution in [3.63, 3.8) is 0 Å². The summed E-state index contributed by atoms with van der Waals surface area (Å²) in [5.41, 5.74) is 2.36. The van der Waals surface area contributed by atoms with Crippen LogP contribution >= 0.6 is 0 Å². The topological polar surface area (TPSA) is 40.3 Å². The van der Waals surface area contributed by atoms with Crippen molar-refractivity contribution in [2.45, 2.75) is 6.54 Å². The fourth-order valence-electron chi connectivity index (χ4n) is 1.92. The summed E-state index contributed by atoms with van der Waals surface area (Å²) >= 11 is 0. The molecule has 0 unspecified atom stereocenters. The Morgan fingerprint density at radius 2 is 2.11 bits per heavy atom. The number of aromatic amines is 1. The lowest BCUT2D eigenvalue weighted by Crippen LogP contribution is -2.26. The van der Waals surface area contributed by atoms with E-state index in [2.05, 4.69) is 47.5 Å². The third kappa shape index (κ3) is 3.24. The van der Waals surface area contributed by atoms with Crippen molar-refractivity contribution in [2.24, 2.45) is 0 Å². The molecule has 0 amide bonds. The van der Waals surface area contributed by atoms with E-state index in [4.69, 9.17) is 4.74 Å². The van der Waals surface area contributed by atoms with Crippen molar-refractivity contribution in [2.75, 3.05) is 34.3 Å². The molecule has 2 aromatic rings. The van der Waals surface area contributed by atoms with Gasteiger partial charge in [-0.15, -0.1) is 0 Å². The first-order valence-corrected chi connectivity index (χ1v) is 6.20. The van der Waals surface area contributed by atoms with Gasteiger partial charge >= 0.3 is 0 Å². The zero-order valence-electron chi connectivity index (χ0n) is 11.3. The summed E-state index contributed by atoms with van der Waals surface area (Å²) in [4.78, 5) is 5.57. The van der Waals surface area contributed by atoms with Gasteiger partial charge in [0.1, 0.15) is 5.75 Å². The SMILES string of the molecule is COc1ccc2[nH]c(CNCCN(C)C)cc2c1. The first kappa shape index (κ1) is 12.9. The quantitative estimate of drug-likeness (QED) is 0.765. The highest BCUT2D eigenvalue weighted by molar-refractivity contribution is 5.81. The molecule has 0 saturated carbocycles. The molecule has 1 aromatic carbocycles. The maximum absolute atomic E-state index is 5.22. The lowest BCUT2D eigenvalue weighted by molar-refractivity contribution is 0.399. The van der Waals surface area contributed by atoms with Gasteiger partial charge in [0.25, 0.3) is 0 Å². The van der Waals surface area contributed by atoms with Crippen molar-refractivity contribution in [3.8, 4) is 5.75 Å². The Morgan fingerprint density at radius 3 is 2.83 bits per heavy atom. The van der Waals surface area contributed by atoms with Crippen molar-refractivity contribution in [1.82, 2.24) is 15.2 Å². The van der Waals surface area contributed by atoms with E-state index in [9.17, 15) is 0 Å². The molecule has 1 heterocycles. The molecule has 2 N–H and O–H groups in total. The summed E-state index contributed by atoms with van der Waals surface area (Å²) < 4.78 is 5.22. The van der Waals surface area contributed by atoms with Gasteiger partial charge in [-0.3, -0.25) is 0 Å². The molecule has 0 aliphatic heterocycles. The molecule has 0 aliphatic carbocycles. The third-order valence-electron chi connectivity index (χ3n) is 2.93. The summed E-state index contributed by atoms with van der Waals surface area (Å²) in [6.07, 6.45) is 0. The average Bonchev–Trinajstić information content (AvgIpc) is 2.75. The highest BCUT2D eigenvalue weighted by Crippen LogP contribution is 2.21. The van der Waals surface area contributed by atoms with E-state index in [0.717, 1.165) is 30.9 Å². The minimum absolute atomic E-state index is 0.866.